The van der Waals surface area contributed by atoms with Gasteiger partial charge in [0.2, 0.25) is 5.91 Å². The Morgan fingerprint density at radius 1 is 1.00 bits per heavy atom. The minimum absolute atomic E-state index is 0.00195. The second-order valence-corrected chi connectivity index (χ2v) is 7.56. The molecule has 150 valence electrons. The Hall–Kier alpha value is -3.02. The van der Waals surface area contributed by atoms with Crippen molar-refractivity contribution in [2.45, 2.75) is 44.7 Å². The number of carbonyl (C=O) groups is 2. The van der Waals surface area contributed by atoms with E-state index < -0.39 is 0 Å². The van der Waals surface area contributed by atoms with Crippen LogP contribution in [0.2, 0.25) is 0 Å². The van der Waals surface area contributed by atoms with Crippen LogP contribution in [0, 0.1) is 11.6 Å². The highest BCUT2D eigenvalue weighted by Crippen LogP contribution is 2.38. The highest BCUT2D eigenvalue weighted by molar-refractivity contribution is 6.04. The molecule has 0 radical (unpaired) electrons. The molecule has 1 N–H and O–H groups in total. The third-order valence-corrected chi connectivity index (χ3v) is 5.59. The fourth-order valence-corrected chi connectivity index (χ4v) is 4.20. The summed E-state index contributed by atoms with van der Waals surface area (Å²) in [4.78, 5) is 27.5. The van der Waals surface area contributed by atoms with E-state index in [-0.39, 0.29) is 35.9 Å². The summed E-state index contributed by atoms with van der Waals surface area (Å²) < 4.78 is 26.2. The van der Waals surface area contributed by atoms with Crippen molar-refractivity contribution in [3.63, 3.8) is 0 Å². The molecule has 4 nitrogen and oxygen atoms in total. The number of nitrogens with one attached hydrogen (secondary N) is 1. The van der Waals surface area contributed by atoms with Crippen molar-refractivity contribution in [1.29, 1.82) is 0 Å². The lowest BCUT2D eigenvalue weighted by Crippen LogP contribution is -2.36. The largest absolute Gasteiger partial charge is 0.328 e. The molecule has 4 rings (SSSR count). The second kappa shape index (κ2) is 8.15. The minimum Gasteiger partial charge on any atom is -0.328 e. The van der Waals surface area contributed by atoms with Crippen LogP contribution >= 0.6 is 0 Å². The molecular weight excluding hydrogens is 374 g/mol. The molecule has 0 aromatic heterocycles. The smallest absolute Gasteiger partial charge is 0.251 e. The summed E-state index contributed by atoms with van der Waals surface area (Å²) in [5.41, 5.74) is 2.98. The third kappa shape index (κ3) is 4.21. The van der Waals surface area contributed by atoms with E-state index in [1.165, 1.54) is 36.4 Å². The second-order valence-electron chi connectivity index (χ2n) is 7.56. The zero-order valence-electron chi connectivity index (χ0n) is 16.0. The van der Waals surface area contributed by atoms with Crippen LogP contribution in [-0.4, -0.2) is 22.8 Å². The van der Waals surface area contributed by atoms with Crippen LogP contribution in [0.25, 0.3) is 0 Å². The molecule has 0 saturated heterocycles. The molecule has 1 aliphatic heterocycles. The van der Waals surface area contributed by atoms with Gasteiger partial charge in [0.15, 0.2) is 0 Å². The topological polar surface area (TPSA) is 49.4 Å². The van der Waals surface area contributed by atoms with Crippen molar-refractivity contribution in [2.75, 3.05) is 5.32 Å². The SMILES string of the molecule is O=C(CC1=C2CCCCC2N(Cc2ccc(F)cc2)C1=O)Nc1ccc(F)cc1. The maximum Gasteiger partial charge on any atom is 0.251 e. The van der Waals surface area contributed by atoms with Gasteiger partial charge in [0.1, 0.15) is 11.6 Å². The molecule has 1 unspecified atom stereocenters. The number of halogens is 2. The first-order valence-electron chi connectivity index (χ1n) is 9.84. The number of hydrogen-bond donors (Lipinski definition) is 1. The maximum atomic E-state index is 13.2. The Morgan fingerprint density at radius 2 is 1.66 bits per heavy atom. The standard InChI is InChI=1S/C23H22F2N2O2/c24-16-7-5-15(6-8-16)14-27-21-4-2-1-3-19(21)20(23(27)29)13-22(28)26-18-11-9-17(25)10-12-18/h5-12,21H,1-4,13-14H2,(H,26,28). The normalized spacial score (nSPS) is 18.8. The molecule has 0 bridgehead atoms. The summed E-state index contributed by atoms with van der Waals surface area (Å²) in [6, 6.07) is 11.7. The summed E-state index contributed by atoms with van der Waals surface area (Å²) in [5.74, 6) is -1.09. The summed E-state index contributed by atoms with van der Waals surface area (Å²) in [6.07, 6.45) is 3.74. The van der Waals surface area contributed by atoms with Crippen molar-refractivity contribution in [2.24, 2.45) is 0 Å². The highest BCUT2D eigenvalue weighted by Gasteiger charge is 2.40. The van der Waals surface area contributed by atoms with Gasteiger partial charge in [-0.25, -0.2) is 8.78 Å². The predicted octanol–water partition coefficient (Wildman–Crippen LogP) is 4.58. The maximum absolute atomic E-state index is 13.2. The summed E-state index contributed by atoms with van der Waals surface area (Å²) >= 11 is 0. The molecule has 29 heavy (non-hydrogen) atoms. The number of rotatable bonds is 5. The van der Waals surface area contributed by atoms with E-state index in [2.05, 4.69) is 5.32 Å². The van der Waals surface area contributed by atoms with Gasteiger partial charge in [0.05, 0.1) is 12.5 Å². The van der Waals surface area contributed by atoms with E-state index in [0.29, 0.717) is 17.8 Å². The zero-order valence-corrected chi connectivity index (χ0v) is 16.0. The first kappa shape index (κ1) is 19.3. The van der Waals surface area contributed by atoms with Gasteiger partial charge >= 0.3 is 0 Å². The first-order valence-corrected chi connectivity index (χ1v) is 9.84. The Kier molecular flexibility index (Phi) is 5.43. The zero-order chi connectivity index (χ0) is 20.4. The van der Waals surface area contributed by atoms with Gasteiger partial charge in [-0.3, -0.25) is 9.59 Å². The molecule has 6 heteroatoms. The van der Waals surface area contributed by atoms with E-state index in [1.807, 2.05) is 4.90 Å². The van der Waals surface area contributed by atoms with Gasteiger partial charge in [-0.2, -0.15) is 0 Å². The average molecular weight is 396 g/mol. The van der Waals surface area contributed by atoms with E-state index >= 15 is 0 Å². The molecule has 1 atom stereocenters. The van der Waals surface area contributed by atoms with Crippen molar-refractivity contribution in [3.05, 3.63) is 76.9 Å². The third-order valence-electron chi connectivity index (χ3n) is 5.59. The summed E-state index contributed by atoms with van der Waals surface area (Å²) in [5, 5.41) is 2.73. The fourth-order valence-electron chi connectivity index (χ4n) is 4.20. The number of carbonyl (C=O) groups excluding carboxylic acids is 2. The first-order chi connectivity index (χ1) is 14.0. The van der Waals surface area contributed by atoms with Gasteiger partial charge < -0.3 is 10.2 Å². The monoisotopic (exact) mass is 396 g/mol. The van der Waals surface area contributed by atoms with Crippen LogP contribution in [0.1, 0.15) is 37.7 Å². The van der Waals surface area contributed by atoms with Crippen LogP contribution in [0.5, 0.6) is 0 Å². The highest BCUT2D eigenvalue weighted by atomic mass is 19.1. The summed E-state index contributed by atoms with van der Waals surface area (Å²) in [7, 11) is 0. The van der Waals surface area contributed by atoms with E-state index in [0.717, 1.165) is 36.8 Å². The number of anilines is 1. The van der Waals surface area contributed by atoms with Gasteiger partial charge in [0, 0.05) is 17.8 Å². The van der Waals surface area contributed by atoms with Gasteiger partial charge in [-0.15, -0.1) is 0 Å². The molecule has 1 fully saturated rings. The van der Waals surface area contributed by atoms with Crippen LogP contribution in [0.3, 0.4) is 0 Å². The molecule has 2 aliphatic rings. The Morgan fingerprint density at radius 3 is 2.34 bits per heavy atom. The van der Waals surface area contributed by atoms with Crippen LogP contribution in [0.15, 0.2) is 59.7 Å². The number of benzene rings is 2. The molecule has 2 amide bonds. The van der Waals surface area contributed by atoms with E-state index in [4.69, 9.17) is 0 Å². The quantitative estimate of drug-likeness (QED) is 0.805. The lowest BCUT2D eigenvalue weighted by molar-refractivity contribution is -0.129. The molecule has 2 aromatic carbocycles. The van der Waals surface area contributed by atoms with Gasteiger partial charge in [0.25, 0.3) is 5.91 Å². The van der Waals surface area contributed by atoms with Crippen molar-refractivity contribution in [1.82, 2.24) is 4.90 Å². The van der Waals surface area contributed by atoms with Crippen molar-refractivity contribution < 1.29 is 18.4 Å². The number of fused-ring (bicyclic) bond motifs is 1. The van der Waals surface area contributed by atoms with Crippen LogP contribution in [-0.2, 0) is 16.1 Å². The number of hydrogen-bond acceptors (Lipinski definition) is 2. The molecule has 1 saturated carbocycles. The van der Waals surface area contributed by atoms with Gasteiger partial charge in [-0.1, -0.05) is 18.6 Å². The number of amides is 2. The predicted molar refractivity (Wildman–Crippen MR) is 106 cm³/mol. The average Bonchev–Trinajstić information content (AvgIpc) is 2.97. The lowest BCUT2D eigenvalue weighted by atomic mass is 9.88. The Bertz CT molecular complexity index is 952. The van der Waals surface area contributed by atoms with Crippen molar-refractivity contribution >= 4 is 17.5 Å². The van der Waals surface area contributed by atoms with Crippen LogP contribution in [0.4, 0.5) is 14.5 Å². The molecule has 1 heterocycles. The minimum atomic E-state index is -0.375. The van der Waals surface area contributed by atoms with E-state index in [9.17, 15) is 18.4 Å². The van der Waals surface area contributed by atoms with Gasteiger partial charge in [-0.05, 0) is 66.8 Å². The Balaban J connectivity index is 1.50. The van der Waals surface area contributed by atoms with Crippen LogP contribution < -0.4 is 5.32 Å². The lowest BCUT2D eigenvalue weighted by Gasteiger charge is -2.30. The Labute approximate surface area is 168 Å². The molecule has 0 spiro atoms. The van der Waals surface area contributed by atoms with Crippen molar-refractivity contribution in [3.8, 4) is 0 Å². The molecule has 2 aromatic rings. The summed E-state index contributed by atoms with van der Waals surface area (Å²) in [6.45, 7) is 0.399. The molecule has 1 aliphatic carbocycles. The fraction of sp³-hybridized carbons (Fsp3) is 0.304. The molecular formula is C23H22F2N2O2. The number of nitrogens with zero attached hydrogens (tertiary/aromatic N) is 1. The van der Waals surface area contributed by atoms with E-state index in [1.54, 1.807) is 12.1 Å².